The lowest BCUT2D eigenvalue weighted by Crippen LogP contribution is -2.55. The smallest absolute Gasteiger partial charge is 0.243 e. The van der Waals surface area contributed by atoms with E-state index in [2.05, 4.69) is 5.32 Å². The summed E-state index contributed by atoms with van der Waals surface area (Å²) in [6.45, 7) is 8.85. The van der Waals surface area contributed by atoms with Crippen molar-refractivity contribution in [2.24, 2.45) is 0 Å². The first-order valence-electron chi connectivity index (χ1n) is 6.64. The van der Waals surface area contributed by atoms with Crippen molar-refractivity contribution < 1.29 is 8.42 Å². The van der Waals surface area contributed by atoms with Crippen LogP contribution in [-0.2, 0) is 10.0 Å². The Hall–Kier alpha value is -0.910. The van der Waals surface area contributed by atoms with Crippen molar-refractivity contribution in [2.45, 2.75) is 44.7 Å². The van der Waals surface area contributed by atoms with E-state index in [0.29, 0.717) is 18.0 Å². The van der Waals surface area contributed by atoms with Gasteiger partial charge >= 0.3 is 0 Å². The molecule has 1 fully saturated rings. The summed E-state index contributed by atoms with van der Waals surface area (Å²) in [6, 6.07) is 5.95. The lowest BCUT2D eigenvalue weighted by molar-refractivity contribution is 0.263. The maximum absolute atomic E-state index is 12.7. The van der Waals surface area contributed by atoms with Gasteiger partial charge in [0.05, 0.1) is 4.90 Å². The van der Waals surface area contributed by atoms with E-state index in [1.54, 1.807) is 10.4 Å². The molecule has 0 amide bonds. The number of sulfonamides is 1. The van der Waals surface area contributed by atoms with Gasteiger partial charge in [0, 0.05) is 25.2 Å². The van der Waals surface area contributed by atoms with Crippen molar-refractivity contribution >= 4 is 10.0 Å². The Balaban J connectivity index is 2.39. The van der Waals surface area contributed by atoms with Gasteiger partial charge in [-0.3, -0.25) is 0 Å². The summed E-state index contributed by atoms with van der Waals surface area (Å²) in [5.41, 5.74) is 1.78. The zero-order valence-corrected chi connectivity index (χ0v) is 12.8. The highest BCUT2D eigenvalue weighted by molar-refractivity contribution is 7.89. The van der Waals surface area contributed by atoms with E-state index in [-0.39, 0.29) is 12.1 Å². The Morgan fingerprint density at radius 2 is 1.74 bits per heavy atom. The molecule has 1 aliphatic heterocycles. The monoisotopic (exact) mass is 282 g/mol. The third-order valence-electron chi connectivity index (χ3n) is 3.49. The van der Waals surface area contributed by atoms with Gasteiger partial charge in [0.25, 0.3) is 0 Å². The number of rotatable bonds is 2. The van der Waals surface area contributed by atoms with Crippen molar-refractivity contribution in [2.75, 3.05) is 13.1 Å². The number of aryl methyl sites for hydroxylation is 2. The summed E-state index contributed by atoms with van der Waals surface area (Å²) in [5, 5.41) is 3.35. The predicted octanol–water partition coefficient (Wildman–Crippen LogP) is 1.67. The minimum absolute atomic E-state index is 0.184. The Morgan fingerprint density at radius 1 is 1.16 bits per heavy atom. The SMILES string of the molecule is Cc1ccc(C)c(S(=O)(=O)N2CC(C)NC(C)C2)c1. The number of nitrogens with zero attached hydrogens (tertiary/aromatic N) is 1. The minimum atomic E-state index is -3.39. The fourth-order valence-corrected chi connectivity index (χ4v) is 4.52. The lowest BCUT2D eigenvalue weighted by atomic mass is 10.2. The first-order chi connectivity index (χ1) is 8.80. The van der Waals surface area contributed by atoms with Gasteiger partial charge in [0.1, 0.15) is 0 Å². The maximum Gasteiger partial charge on any atom is 0.243 e. The minimum Gasteiger partial charge on any atom is -0.309 e. The Kier molecular flexibility index (Phi) is 3.99. The highest BCUT2D eigenvalue weighted by Crippen LogP contribution is 2.23. The van der Waals surface area contributed by atoms with Gasteiger partial charge in [-0.1, -0.05) is 12.1 Å². The number of benzene rings is 1. The van der Waals surface area contributed by atoms with E-state index < -0.39 is 10.0 Å². The molecule has 1 aromatic carbocycles. The molecule has 5 heteroatoms. The quantitative estimate of drug-likeness (QED) is 0.898. The van der Waals surface area contributed by atoms with Crippen LogP contribution < -0.4 is 5.32 Å². The van der Waals surface area contributed by atoms with Crippen molar-refractivity contribution in [3.05, 3.63) is 29.3 Å². The second kappa shape index (κ2) is 5.23. The molecule has 4 nitrogen and oxygen atoms in total. The normalized spacial score (nSPS) is 25.5. The van der Waals surface area contributed by atoms with Gasteiger partial charge in [-0.2, -0.15) is 4.31 Å². The highest BCUT2D eigenvalue weighted by atomic mass is 32.2. The van der Waals surface area contributed by atoms with Crippen LogP contribution in [0, 0.1) is 13.8 Å². The standard InChI is InChI=1S/C14H22N2O2S/c1-10-5-6-11(2)14(7-10)19(17,18)16-8-12(3)15-13(4)9-16/h5-7,12-13,15H,8-9H2,1-4H3. The molecule has 0 bridgehead atoms. The van der Waals surface area contributed by atoms with Gasteiger partial charge in [0.2, 0.25) is 10.0 Å². The fourth-order valence-electron chi connectivity index (χ4n) is 2.60. The highest BCUT2D eigenvalue weighted by Gasteiger charge is 2.32. The van der Waals surface area contributed by atoms with Gasteiger partial charge in [0.15, 0.2) is 0 Å². The molecule has 0 radical (unpaired) electrons. The molecule has 0 aliphatic carbocycles. The third-order valence-corrected chi connectivity index (χ3v) is 5.46. The lowest BCUT2D eigenvalue weighted by Gasteiger charge is -2.35. The van der Waals surface area contributed by atoms with Crippen LogP contribution in [0.25, 0.3) is 0 Å². The first-order valence-corrected chi connectivity index (χ1v) is 8.08. The summed E-state index contributed by atoms with van der Waals surface area (Å²) < 4.78 is 27.1. The van der Waals surface area contributed by atoms with Crippen LogP contribution >= 0.6 is 0 Å². The van der Waals surface area contributed by atoms with Crippen molar-refractivity contribution in [3.8, 4) is 0 Å². The summed E-state index contributed by atoms with van der Waals surface area (Å²) >= 11 is 0. The number of hydrogen-bond donors (Lipinski definition) is 1. The molecule has 0 saturated carbocycles. The van der Waals surface area contributed by atoms with Crippen LogP contribution in [0.2, 0.25) is 0 Å². The molecule has 0 spiro atoms. The van der Waals surface area contributed by atoms with Gasteiger partial charge in [-0.15, -0.1) is 0 Å². The van der Waals surface area contributed by atoms with Crippen LogP contribution in [-0.4, -0.2) is 37.9 Å². The Labute approximate surface area is 115 Å². The average molecular weight is 282 g/mol. The summed E-state index contributed by atoms with van der Waals surface area (Å²) in [7, 11) is -3.39. The second-order valence-corrected chi connectivity index (χ2v) is 7.47. The van der Waals surface area contributed by atoms with E-state index in [4.69, 9.17) is 0 Å². The first kappa shape index (κ1) is 14.5. The van der Waals surface area contributed by atoms with Crippen molar-refractivity contribution in [1.82, 2.24) is 9.62 Å². The Morgan fingerprint density at radius 3 is 2.32 bits per heavy atom. The van der Waals surface area contributed by atoms with Crippen LogP contribution in [0.5, 0.6) is 0 Å². The largest absolute Gasteiger partial charge is 0.309 e. The molecular formula is C14H22N2O2S. The molecular weight excluding hydrogens is 260 g/mol. The second-order valence-electron chi connectivity index (χ2n) is 5.56. The van der Waals surface area contributed by atoms with Crippen molar-refractivity contribution in [3.63, 3.8) is 0 Å². The molecule has 2 unspecified atom stereocenters. The molecule has 0 aromatic heterocycles. The van der Waals surface area contributed by atoms with E-state index in [9.17, 15) is 8.42 Å². The van der Waals surface area contributed by atoms with E-state index in [1.165, 1.54) is 0 Å². The van der Waals surface area contributed by atoms with Crippen LogP contribution in [0.4, 0.5) is 0 Å². The molecule has 2 rings (SSSR count). The number of hydrogen-bond acceptors (Lipinski definition) is 3. The van der Waals surface area contributed by atoms with Gasteiger partial charge in [-0.25, -0.2) is 8.42 Å². The van der Waals surface area contributed by atoms with Crippen LogP contribution in [0.3, 0.4) is 0 Å². The molecule has 1 heterocycles. The zero-order chi connectivity index (χ0) is 14.2. The van der Waals surface area contributed by atoms with E-state index >= 15 is 0 Å². The average Bonchev–Trinajstić information content (AvgIpc) is 2.31. The third kappa shape index (κ3) is 2.99. The fraction of sp³-hybridized carbons (Fsp3) is 0.571. The molecule has 1 N–H and O–H groups in total. The van der Waals surface area contributed by atoms with Crippen molar-refractivity contribution in [1.29, 1.82) is 0 Å². The van der Waals surface area contributed by atoms with E-state index in [1.807, 2.05) is 39.8 Å². The number of nitrogens with one attached hydrogen (secondary N) is 1. The molecule has 1 saturated heterocycles. The molecule has 1 aromatic rings. The topological polar surface area (TPSA) is 49.4 Å². The summed E-state index contributed by atoms with van der Waals surface area (Å²) in [4.78, 5) is 0.439. The zero-order valence-electron chi connectivity index (χ0n) is 12.0. The molecule has 2 atom stereocenters. The van der Waals surface area contributed by atoms with E-state index in [0.717, 1.165) is 11.1 Å². The Bertz CT molecular complexity index is 559. The maximum atomic E-state index is 12.7. The summed E-state index contributed by atoms with van der Waals surface area (Å²) in [6.07, 6.45) is 0. The van der Waals surface area contributed by atoms with Gasteiger partial charge < -0.3 is 5.32 Å². The summed E-state index contributed by atoms with van der Waals surface area (Å²) in [5.74, 6) is 0. The molecule has 1 aliphatic rings. The predicted molar refractivity (Wildman–Crippen MR) is 76.7 cm³/mol. The van der Waals surface area contributed by atoms with Crippen LogP contribution in [0.1, 0.15) is 25.0 Å². The van der Waals surface area contributed by atoms with Gasteiger partial charge in [-0.05, 0) is 44.9 Å². The van der Waals surface area contributed by atoms with Crippen LogP contribution in [0.15, 0.2) is 23.1 Å². The number of piperazine rings is 1. The molecule has 19 heavy (non-hydrogen) atoms. The molecule has 106 valence electrons.